The van der Waals surface area contributed by atoms with E-state index < -0.39 is 11.7 Å². The molecule has 0 radical (unpaired) electrons. The lowest BCUT2D eigenvalue weighted by molar-refractivity contribution is 0.0976. The number of rotatable bonds is 6. The highest BCUT2D eigenvalue weighted by atomic mass is 19.1. The first-order chi connectivity index (χ1) is 18.4. The molecule has 1 fully saturated rings. The summed E-state index contributed by atoms with van der Waals surface area (Å²) in [6.07, 6.45) is 2.99. The Kier molecular flexibility index (Phi) is 6.00. The molecule has 192 valence electrons. The van der Waals surface area contributed by atoms with Gasteiger partial charge >= 0.3 is 0 Å². The fraction of sp³-hybridized carbons (Fsp3) is 0.241. The minimum atomic E-state index is -0.495. The van der Waals surface area contributed by atoms with Gasteiger partial charge in [-0.2, -0.15) is 9.97 Å². The van der Waals surface area contributed by atoms with Crippen molar-refractivity contribution in [3.63, 3.8) is 0 Å². The molecule has 2 aliphatic rings. The number of aromatic hydroxyl groups is 1. The highest BCUT2D eigenvalue weighted by molar-refractivity contribution is 6.09. The maximum absolute atomic E-state index is 15.1. The number of halogens is 1. The summed E-state index contributed by atoms with van der Waals surface area (Å²) in [6.45, 7) is -0.0224. The van der Waals surface area contributed by atoms with E-state index in [1.165, 1.54) is 11.0 Å². The van der Waals surface area contributed by atoms with Crippen molar-refractivity contribution in [2.45, 2.75) is 38.2 Å². The van der Waals surface area contributed by atoms with Gasteiger partial charge in [0.15, 0.2) is 5.82 Å². The predicted molar refractivity (Wildman–Crippen MR) is 140 cm³/mol. The lowest BCUT2D eigenvalue weighted by Gasteiger charge is -2.31. The molecule has 3 aromatic carbocycles. The van der Waals surface area contributed by atoms with Gasteiger partial charge < -0.3 is 20.8 Å². The van der Waals surface area contributed by atoms with Crippen LogP contribution in [0.25, 0.3) is 11.4 Å². The molecule has 1 aliphatic carbocycles. The van der Waals surface area contributed by atoms with Crippen molar-refractivity contribution in [2.75, 3.05) is 17.2 Å². The van der Waals surface area contributed by atoms with Gasteiger partial charge in [0.05, 0.1) is 17.9 Å². The van der Waals surface area contributed by atoms with E-state index >= 15 is 4.39 Å². The molecular formula is C29H26FN5O3. The van der Waals surface area contributed by atoms with Gasteiger partial charge in [-0.1, -0.05) is 30.3 Å². The molecular weight excluding hydrogens is 485 g/mol. The van der Waals surface area contributed by atoms with Crippen molar-refractivity contribution in [3.8, 4) is 17.1 Å². The molecule has 4 N–H and O–H groups in total. The van der Waals surface area contributed by atoms with Crippen molar-refractivity contribution >= 4 is 17.5 Å². The third kappa shape index (κ3) is 4.45. The van der Waals surface area contributed by atoms with Gasteiger partial charge in [0, 0.05) is 24.1 Å². The number of fused-ring (bicyclic) bond motifs is 1. The van der Waals surface area contributed by atoms with E-state index in [2.05, 4.69) is 15.0 Å². The smallest absolute Gasteiger partial charge is 0.261 e. The first-order valence-corrected chi connectivity index (χ1v) is 12.6. The molecule has 0 bridgehead atoms. The largest absolute Gasteiger partial charge is 0.508 e. The van der Waals surface area contributed by atoms with E-state index in [9.17, 15) is 15.0 Å². The number of hydrogen-bond acceptors (Lipinski definition) is 7. The molecule has 0 saturated heterocycles. The average Bonchev–Trinajstić information content (AvgIpc) is 3.75. The quantitative estimate of drug-likeness (QED) is 0.355. The number of aliphatic hydroxyl groups excluding tert-OH is 1. The number of hydrogen-bond donors (Lipinski definition) is 3. The standard InChI is InChI=1S/C29H26FN5O3/c30-23-14-19(17-6-7-17)13-18-10-11-35(28(38)26(18)23)24-3-1-2-21(22(24)15-36)27-32-25(33-29(31)34-27)12-16-4-8-20(37)9-5-16/h1-5,8-9,13-14,17,36-37H,6-7,10-12,15H2,(H2,31,32,33,34). The van der Waals surface area contributed by atoms with Gasteiger partial charge in [0.1, 0.15) is 17.4 Å². The molecule has 0 spiro atoms. The van der Waals surface area contributed by atoms with Crippen molar-refractivity contribution in [2.24, 2.45) is 0 Å². The second kappa shape index (κ2) is 9.50. The number of phenols is 1. The van der Waals surface area contributed by atoms with Crippen LogP contribution in [0.15, 0.2) is 54.6 Å². The third-order valence-corrected chi connectivity index (χ3v) is 7.15. The van der Waals surface area contributed by atoms with Crippen LogP contribution in [-0.4, -0.2) is 37.6 Å². The molecule has 4 aromatic rings. The molecule has 1 amide bonds. The van der Waals surface area contributed by atoms with E-state index in [1.54, 1.807) is 42.5 Å². The number of nitrogen functional groups attached to an aromatic ring is 1. The Balaban J connectivity index is 1.36. The third-order valence-electron chi connectivity index (χ3n) is 7.15. The zero-order chi connectivity index (χ0) is 26.4. The van der Waals surface area contributed by atoms with Crippen LogP contribution in [0.2, 0.25) is 0 Å². The second-order valence-corrected chi connectivity index (χ2v) is 9.76. The fourth-order valence-electron chi connectivity index (χ4n) is 5.11. The van der Waals surface area contributed by atoms with Gasteiger partial charge in [0.2, 0.25) is 5.95 Å². The molecule has 8 nitrogen and oxygen atoms in total. The minimum Gasteiger partial charge on any atom is -0.508 e. The number of aliphatic hydroxyl groups is 1. The Morgan fingerprint density at radius 1 is 1.05 bits per heavy atom. The number of phenolic OH excluding ortho intramolecular Hbond substituents is 1. The summed E-state index contributed by atoms with van der Waals surface area (Å²) >= 11 is 0. The summed E-state index contributed by atoms with van der Waals surface area (Å²) in [5, 5.41) is 19.9. The second-order valence-electron chi connectivity index (χ2n) is 9.76. The van der Waals surface area contributed by atoms with Gasteiger partial charge in [-0.25, -0.2) is 9.37 Å². The highest BCUT2D eigenvalue weighted by Crippen LogP contribution is 2.42. The van der Waals surface area contributed by atoms with E-state index in [4.69, 9.17) is 5.73 Å². The molecule has 0 unspecified atom stereocenters. The molecule has 1 saturated carbocycles. The zero-order valence-corrected chi connectivity index (χ0v) is 20.6. The summed E-state index contributed by atoms with van der Waals surface area (Å²) in [4.78, 5) is 28.1. The van der Waals surface area contributed by atoms with Gasteiger partial charge in [-0.15, -0.1) is 0 Å². The van der Waals surface area contributed by atoms with Crippen LogP contribution >= 0.6 is 0 Å². The molecule has 1 aromatic heterocycles. The summed E-state index contributed by atoms with van der Waals surface area (Å²) in [5.74, 6) is 0.339. The number of nitrogens with two attached hydrogens (primary N) is 1. The number of aromatic nitrogens is 3. The maximum Gasteiger partial charge on any atom is 0.261 e. The van der Waals surface area contributed by atoms with Crippen molar-refractivity contribution < 1.29 is 19.4 Å². The average molecular weight is 512 g/mol. The first-order valence-electron chi connectivity index (χ1n) is 12.6. The van der Waals surface area contributed by atoms with Crippen LogP contribution in [0.3, 0.4) is 0 Å². The topological polar surface area (TPSA) is 125 Å². The summed E-state index contributed by atoms with van der Waals surface area (Å²) < 4.78 is 15.1. The normalized spacial score (nSPS) is 15.0. The lowest BCUT2D eigenvalue weighted by atomic mass is 9.93. The summed E-state index contributed by atoms with van der Waals surface area (Å²) in [7, 11) is 0. The van der Waals surface area contributed by atoms with Crippen LogP contribution in [0, 0.1) is 5.82 Å². The number of carbonyl (C=O) groups is 1. The van der Waals surface area contributed by atoms with Crippen LogP contribution < -0.4 is 10.6 Å². The first kappa shape index (κ1) is 24.0. The van der Waals surface area contributed by atoms with E-state index in [0.717, 1.165) is 29.5 Å². The predicted octanol–water partition coefficient (Wildman–Crippen LogP) is 4.13. The van der Waals surface area contributed by atoms with Gasteiger partial charge in [-0.3, -0.25) is 4.79 Å². The zero-order valence-electron chi connectivity index (χ0n) is 20.6. The van der Waals surface area contributed by atoms with Crippen molar-refractivity contribution in [3.05, 3.63) is 94.1 Å². The SMILES string of the molecule is Nc1nc(Cc2ccc(O)cc2)nc(-c2cccc(N3CCc4cc(C5CC5)cc(F)c4C3=O)c2CO)n1. The van der Waals surface area contributed by atoms with Crippen LogP contribution in [-0.2, 0) is 19.4 Å². The molecule has 0 atom stereocenters. The minimum absolute atomic E-state index is 0.0228. The van der Waals surface area contributed by atoms with E-state index in [1.807, 2.05) is 6.07 Å². The Morgan fingerprint density at radius 2 is 1.84 bits per heavy atom. The Morgan fingerprint density at radius 3 is 2.58 bits per heavy atom. The highest BCUT2D eigenvalue weighted by Gasteiger charge is 2.33. The number of anilines is 2. The van der Waals surface area contributed by atoms with Crippen molar-refractivity contribution in [1.82, 2.24) is 15.0 Å². The Hall–Kier alpha value is -4.37. The van der Waals surface area contributed by atoms with Crippen LogP contribution in [0.5, 0.6) is 5.75 Å². The fourth-order valence-corrected chi connectivity index (χ4v) is 5.11. The molecule has 6 rings (SSSR count). The Bertz CT molecular complexity index is 1550. The number of nitrogens with zero attached hydrogens (tertiary/aromatic N) is 4. The van der Waals surface area contributed by atoms with Crippen LogP contribution in [0.4, 0.5) is 16.0 Å². The maximum atomic E-state index is 15.1. The molecule has 38 heavy (non-hydrogen) atoms. The molecule has 1 aliphatic heterocycles. The van der Waals surface area contributed by atoms with Crippen LogP contribution in [0.1, 0.15) is 57.2 Å². The lowest BCUT2D eigenvalue weighted by Crippen LogP contribution is -2.39. The molecule has 9 heteroatoms. The van der Waals surface area contributed by atoms with E-state index in [0.29, 0.717) is 47.9 Å². The van der Waals surface area contributed by atoms with E-state index in [-0.39, 0.29) is 29.7 Å². The Labute approximate surface area is 218 Å². The number of amides is 1. The molecule has 2 heterocycles. The summed E-state index contributed by atoms with van der Waals surface area (Å²) in [6, 6.07) is 15.4. The summed E-state index contributed by atoms with van der Waals surface area (Å²) in [5.41, 5.74) is 10.1. The monoisotopic (exact) mass is 511 g/mol. The number of benzene rings is 3. The van der Waals surface area contributed by atoms with Gasteiger partial charge in [-0.05, 0) is 66.1 Å². The van der Waals surface area contributed by atoms with Crippen molar-refractivity contribution in [1.29, 1.82) is 0 Å². The van der Waals surface area contributed by atoms with Gasteiger partial charge in [0.25, 0.3) is 5.91 Å². The number of carbonyl (C=O) groups excluding carboxylic acids is 1.